The predicted molar refractivity (Wildman–Crippen MR) is 104 cm³/mol. The first-order chi connectivity index (χ1) is 12.7. The van der Waals surface area contributed by atoms with Crippen LogP contribution in [0.25, 0.3) is 0 Å². The number of hydrogen-bond acceptors (Lipinski definition) is 5. The van der Waals surface area contributed by atoms with Gasteiger partial charge < -0.3 is 19.3 Å². The fraction of sp³-hybridized carbons (Fsp3) is 0.632. The first-order valence-electron chi connectivity index (χ1n) is 9.29. The summed E-state index contributed by atoms with van der Waals surface area (Å²) in [5, 5.41) is 0. The molecule has 8 heteroatoms. The van der Waals surface area contributed by atoms with Crippen LogP contribution in [0.15, 0.2) is 22.9 Å². The van der Waals surface area contributed by atoms with E-state index in [0.29, 0.717) is 31.8 Å². The normalized spacial score (nSPS) is 21.5. The summed E-state index contributed by atoms with van der Waals surface area (Å²) in [7, 11) is 0. The van der Waals surface area contributed by atoms with Crippen LogP contribution >= 0.6 is 15.9 Å². The van der Waals surface area contributed by atoms with Gasteiger partial charge in [-0.3, -0.25) is 4.79 Å². The predicted octanol–water partition coefficient (Wildman–Crippen LogP) is 3.22. The quantitative estimate of drug-likeness (QED) is 0.675. The number of aromatic nitrogens is 1. The molecule has 2 saturated heterocycles. The Hall–Kier alpha value is -1.83. The van der Waals surface area contributed by atoms with Gasteiger partial charge in [0, 0.05) is 32.1 Å². The third-order valence-electron chi connectivity index (χ3n) is 4.73. The van der Waals surface area contributed by atoms with Gasteiger partial charge >= 0.3 is 6.09 Å². The highest BCUT2D eigenvalue weighted by molar-refractivity contribution is 9.10. The van der Waals surface area contributed by atoms with Crippen molar-refractivity contribution in [2.75, 3.05) is 19.6 Å². The minimum absolute atomic E-state index is 0.0219. The molecule has 0 aliphatic carbocycles. The van der Waals surface area contributed by atoms with Gasteiger partial charge in [-0.25, -0.2) is 9.78 Å². The van der Waals surface area contributed by atoms with Crippen molar-refractivity contribution in [3.8, 4) is 5.75 Å². The molecule has 0 aromatic carbocycles. The minimum Gasteiger partial charge on any atom is -0.479 e. The van der Waals surface area contributed by atoms with Gasteiger partial charge in [0.25, 0.3) is 5.91 Å². The van der Waals surface area contributed by atoms with Gasteiger partial charge in [-0.05, 0) is 61.7 Å². The molecule has 27 heavy (non-hydrogen) atoms. The van der Waals surface area contributed by atoms with Crippen LogP contribution in [0.2, 0.25) is 0 Å². The summed E-state index contributed by atoms with van der Waals surface area (Å²) in [4.78, 5) is 32.7. The zero-order valence-electron chi connectivity index (χ0n) is 16.0. The Morgan fingerprint density at radius 3 is 2.48 bits per heavy atom. The van der Waals surface area contributed by atoms with Gasteiger partial charge in [0.05, 0.1) is 6.20 Å². The van der Waals surface area contributed by atoms with E-state index in [2.05, 4.69) is 20.9 Å². The zero-order chi connectivity index (χ0) is 19.6. The number of halogens is 1. The lowest BCUT2D eigenvalue weighted by Gasteiger charge is -2.37. The van der Waals surface area contributed by atoms with Crippen molar-refractivity contribution in [3.63, 3.8) is 0 Å². The number of nitrogens with zero attached hydrogens (tertiary/aromatic N) is 3. The van der Waals surface area contributed by atoms with Crippen molar-refractivity contribution in [2.45, 2.75) is 57.8 Å². The summed E-state index contributed by atoms with van der Waals surface area (Å²) >= 11 is 3.28. The Kier molecular flexibility index (Phi) is 5.93. The van der Waals surface area contributed by atoms with E-state index in [4.69, 9.17) is 9.47 Å². The average molecular weight is 440 g/mol. The van der Waals surface area contributed by atoms with Gasteiger partial charge in [-0.1, -0.05) is 0 Å². The first-order valence-corrected chi connectivity index (χ1v) is 10.1. The zero-order valence-corrected chi connectivity index (χ0v) is 17.6. The van der Waals surface area contributed by atoms with Crippen molar-refractivity contribution in [1.82, 2.24) is 14.8 Å². The van der Waals surface area contributed by atoms with Crippen LogP contribution in [-0.2, 0) is 9.53 Å². The maximum Gasteiger partial charge on any atom is 0.410 e. The monoisotopic (exact) mass is 439 g/mol. The molecule has 148 valence electrons. The molecule has 7 nitrogen and oxygen atoms in total. The molecule has 1 aromatic rings. The SMILES string of the molecule is CC(C)(C)OC(=O)N1CCC(N2CC[C@H](Oc3ccc(Br)nc3)C2=O)CC1. The van der Waals surface area contributed by atoms with Crippen molar-refractivity contribution in [1.29, 1.82) is 0 Å². The average Bonchev–Trinajstić information content (AvgIpc) is 2.96. The molecule has 0 spiro atoms. The van der Waals surface area contributed by atoms with Crippen molar-refractivity contribution >= 4 is 27.9 Å². The summed E-state index contributed by atoms with van der Waals surface area (Å²) in [6.45, 7) is 7.48. The fourth-order valence-electron chi connectivity index (χ4n) is 3.43. The van der Waals surface area contributed by atoms with E-state index >= 15 is 0 Å². The summed E-state index contributed by atoms with van der Waals surface area (Å²) in [6.07, 6.45) is 3.06. The number of ether oxygens (including phenoxy) is 2. The summed E-state index contributed by atoms with van der Waals surface area (Å²) in [5.41, 5.74) is -0.495. The van der Waals surface area contributed by atoms with E-state index in [1.807, 2.05) is 25.7 Å². The Morgan fingerprint density at radius 1 is 1.19 bits per heavy atom. The third-order valence-corrected chi connectivity index (χ3v) is 5.20. The molecule has 2 amide bonds. The molecule has 2 aliphatic heterocycles. The standard InChI is InChI=1S/C19H26BrN3O4/c1-19(2,3)27-18(25)22-9-6-13(7-10-22)23-11-8-15(17(23)24)26-14-4-5-16(20)21-12-14/h4-5,12-13,15H,6-11H2,1-3H3/t15-/m0/s1. The molecule has 2 fully saturated rings. The highest BCUT2D eigenvalue weighted by atomic mass is 79.9. The van der Waals surface area contributed by atoms with E-state index < -0.39 is 11.7 Å². The molecule has 1 aromatic heterocycles. The minimum atomic E-state index is -0.495. The highest BCUT2D eigenvalue weighted by Gasteiger charge is 2.39. The maximum absolute atomic E-state index is 12.7. The van der Waals surface area contributed by atoms with Crippen molar-refractivity contribution in [3.05, 3.63) is 22.9 Å². The molecule has 3 rings (SSSR count). The van der Waals surface area contributed by atoms with Gasteiger partial charge in [0.15, 0.2) is 6.10 Å². The summed E-state index contributed by atoms with van der Waals surface area (Å²) < 4.78 is 12.0. The lowest BCUT2D eigenvalue weighted by Crippen LogP contribution is -2.49. The molecular formula is C19H26BrN3O4. The largest absolute Gasteiger partial charge is 0.479 e. The molecule has 0 N–H and O–H groups in total. The van der Waals surface area contributed by atoms with Crippen molar-refractivity contribution < 1.29 is 19.1 Å². The second-order valence-corrected chi connectivity index (χ2v) is 8.75. The summed E-state index contributed by atoms with van der Waals surface area (Å²) in [5.74, 6) is 0.617. The van der Waals surface area contributed by atoms with Gasteiger partial charge in [-0.2, -0.15) is 0 Å². The number of piperidine rings is 1. The molecule has 3 heterocycles. The van der Waals surface area contributed by atoms with E-state index in [9.17, 15) is 9.59 Å². The van der Waals surface area contributed by atoms with Crippen LogP contribution in [0.5, 0.6) is 5.75 Å². The second-order valence-electron chi connectivity index (χ2n) is 7.94. The molecule has 0 bridgehead atoms. The lowest BCUT2D eigenvalue weighted by molar-refractivity contribution is -0.136. The number of hydrogen-bond donors (Lipinski definition) is 0. The topological polar surface area (TPSA) is 72.0 Å². The van der Waals surface area contributed by atoms with Crippen LogP contribution in [0.3, 0.4) is 0 Å². The molecule has 1 atom stereocenters. The first kappa shape index (κ1) is 19.9. The molecular weight excluding hydrogens is 414 g/mol. The molecule has 0 radical (unpaired) electrons. The number of carbonyl (C=O) groups excluding carboxylic acids is 2. The second kappa shape index (κ2) is 8.04. The molecule has 0 saturated carbocycles. The number of amides is 2. The Labute approximate surface area is 168 Å². The van der Waals surface area contributed by atoms with Crippen LogP contribution in [0.1, 0.15) is 40.0 Å². The van der Waals surface area contributed by atoms with Crippen LogP contribution in [0, 0.1) is 0 Å². The number of carbonyl (C=O) groups is 2. The molecule has 2 aliphatic rings. The third kappa shape index (κ3) is 5.12. The van der Waals surface area contributed by atoms with Gasteiger partial charge in [0.1, 0.15) is 16.0 Å². The maximum atomic E-state index is 12.7. The highest BCUT2D eigenvalue weighted by Crippen LogP contribution is 2.26. The smallest absolute Gasteiger partial charge is 0.410 e. The van der Waals surface area contributed by atoms with E-state index in [1.165, 1.54) is 0 Å². The summed E-state index contributed by atoms with van der Waals surface area (Å²) in [6, 6.07) is 3.73. The Bertz CT molecular complexity index is 681. The van der Waals surface area contributed by atoms with Gasteiger partial charge in [-0.15, -0.1) is 0 Å². The number of likely N-dealkylation sites (tertiary alicyclic amines) is 2. The van der Waals surface area contributed by atoms with Crippen LogP contribution in [-0.4, -0.2) is 64.2 Å². The Morgan fingerprint density at radius 2 is 1.89 bits per heavy atom. The number of pyridine rings is 1. The van der Waals surface area contributed by atoms with E-state index in [0.717, 1.165) is 17.4 Å². The fourth-order valence-corrected chi connectivity index (χ4v) is 3.66. The molecule has 0 unspecified atom stereocenters. The Balaban J connectivity index is 1.51. The van der Waals surface area contributed by atoms with Crippen LogP contribution in [0.4, 0.5) is 4.79 Å². The van der Waals surface area contributed by atoms with Crippen LogP contribution < -0.4 is 4.74 Å². The number of rotatable bonds is 3. The van der Waals surface area contributed by atoms with Gasteiger partial charge in [0.2, 0.25) is 0 Å². The van der Waals surface area contributed by atoms with E-state index in [1.54, 1.807) is 23.2 Å². The van der Waals surface area contributed by atoms with E-state index in [-0.39, 0.29) is 18.0 Å². The lowest BCUT2D eigenvalue weighted by atomic mass is 10.0. The van der Waals surface area contributed by atoms with Crippen molar-refractivity contribution in [2.24, 2.45) is 0 Å².